The Morgan fingerprint density at radius 2 is 1.83 bits per heavy atom. The minimum Gasteiger partial charge on any atom is -0.355 e. The van der Waals surface area contributed by atoms with Crippen molar-refractivity contribution in [1.82, 2.24) is 10.2 Å². The number of nitrogens with one attached hydrogen (secondary N) is 1. The first-order valence-corrected chi connectivity index (χ1v) is 11.1. The predicted molar refractivity (Wildman–Crippen MR) is 117 cm³/mol. The van der Waals surface area contributed by atoms with Crippen LogP contribution in [0, 0.1) is 5.82 Å². The molecule has 0 aromatic heterocycles. The van der Waals surface area contributed by atoms with Crippen molar-refractivity contribution in [1.29, 1.82) is 0 Å². The van der Waals surface area contributed by atoms with Gasteiger partial charge in [0.2, 0.25) is 11.8 Å². The molecule has 0 bridgehead atoms. The van der Waals surface area contributed by atoms with Crippen LogP contribution in [0.5, 0.6) is 0 Å². The fraction of sp³-hybridized carbons (Fsp3) is 0.364. The molecular formula is C22H26ClFN2O2S. The summed E-state index contributed by atoms with van der Waals surface area (Å²) in [4.78, 5) is 27.2. The van der Waals surface area contributed by atoms with E-state index in [0.717, 1.165) is 11.1 Å². The quantitative estimate of drug-likeness (QED) is 0.589. The van der Waals surface area contributed by atoms with Crippen LogP contribution in [0.2, 0.25) is 5.02 Å². The van der Waals surface area contributed by atoms with Gasteiger partial charge in [-0.1, -0.05) is 48.9 Å². The smallest absolute Gasteiger partial charge is 0.242 e. The maximum atomic E-state index is 13.0. The molecular weight excluding hydrogens is 411 g/mol. The Bertz CT molecular complexity index is 817. The molecule has 0 aliphatic rings. The number of amides is 2. The summed E-state index contributed by atoms with van der Waals surface area (Å²) in [5.41, 5.74) is 1.74. The van der Waals surface area contributed by atoms with E-state index < -0.39 is 6.04 Å². The molecule has 7 heteroatoms. The van der Waals surface area contributed by atoms with Crippen LogP contribution in [0.1, 0.15) is 31.4 Å². The third-order valence-electron chi connectivity index (χ3n) is 4.44. The molecule has 1 unspecified atom stereocenters. The number of halogens is 2. The van der Waals surface area contributed by atoms with E-state index in [9.17, 15) is 14.0 Å². The second-order valence-electron chi connectivity index (χ2n) is 6.55. The number of hydrogen-bond donors (Lipinski definition) is 1. The Balaban J connectivity index is 2.11. The van der Waals surface area contributed by atoms with Crippen LogP contribution in [-0.2, 0) is 21.9 Å². The van der Waals surface area contributed by atoms with E-state index in [2.05, 4.69) is 5.32 Å². The Hall–Kier alpha value is -2.05. The Labute approximate surface area is 180 Å². The molecule has 1 N–H and O–H groups in total. The SMILES string of the molecule is CCNC(=O)C(CC)N(Cc1ccccc1Cl)C(=O)CSCc1ccc(F)cc1. The van der Waals surface area contributed by atoms with Crippen molar-refractivity contribution in [2.24, 2.45) is 0 Å². The molecule has 0 spiro atoms. The van der Waals surface area contributed by atoms with E-state index in [1.54, 1.807) is 23.1 Å². The van der Waals surface area contributed by atoms with Gasteiger partial charge in [0.1, 0.15) is 11.9 Å². The van der Waals surface area contributed by atoms with Gasteiger partial charge in [-0.05, 0) is 42.7 Å². The number of nitrogens with zero attached hydrogens (tertiary/aromatic N) is 1. The number of thioether (sulfide) groups is 1. The fourth-order valence-corrected chi connectivity index (χ4v) is 4.01. The normalized spacial score (nSPS) is 11.7. The zero-order valence-electron chi connectivity index (χ0n) is 16.7. The predicted octanol–water partition coefficient (Wildman–Crippen LogP) is 4.66. The van der Waals surface area contributed by atoms with Gasteiger partial charge in [-0.3, -0.25) is 9.59 Å². The van der Waals surface area contributed by atoms with Crippen molar-refractivity contribution in [3.8, 4) is 0 Å². The lowest BCUT2D eigenvalue weighted by Gasteiger charge is -2.30. The first-order chi connectivity index (χ1) is 14.0. The van der Waals surface area contributed by atoms with Crippen molar-refractivity contribution in [3.05, 3.63) is 70.5 Å². The van der Waals surface area contributed by atoms with Crippen LogP contribution in [0.4, 0.5) is 4.39 Å². The van der Waals surface area contributed by atoms with E-state index in [1.807, 2.05) is 32.0 Å². The number of carbonyl (C=O) groups is 2. The van der Waals surface area contributed by atoms with Crippen molar-refractivity contribution < 1.29 is 14.0 Å². The van der Waals surface area contributed by atoms with Gasteiger partial charge in [0.05, 0.1) is 5.75 Å². The molecule has 2 rings (SSSR count). The number of benzene rings is 2. The highest BCUT2D eigenvalue weighted by molar-refractivity contribution is 7.99. The molecule has 29 heavy (non-hydrogen) atoms. The standard InChI is InChI=1S/C22H26ClFN2O2S/c1-3-20(22(28)25-4-2)26(13-17-7-5-6-8-19(17)23)21(27)15-29-14-16-9-11-18(24)12-10-16/h5-12,20H,3-4,13-15H2,1-2H3,(H,25,28). The number of carbonyl (C=O) groups excluding carboxylic acids is 2. The Morgan fingerprint density at radius 1 is 1.14 bits per heavy atom. The lowest BCUT2D eigenvalue weighted by Crippen LogP contribution is -2.49. The highest BCUT2D eigenvalue weighted by atomic mass is 35.5. The second-order valence-corrected chi connectivity index (χ2v) is 7.94. The molecule has 2 aromatic rings. The molecule has 0 aliphatic carbocycles. The van der Waals surface area contributed by atoms with Gasteiger partial charge in [0, 0.05) is 23.9 Å². The lowest BCUT2D eigenvalue weighted by molar-refractivity contribution is -0.139. The molecule has 0 heterocycles. The highest BCUT2D eigenvalue weighted by Crippen LogP contribution is 2.21. The number of hydrogen-bond acceptors (Lipinski definition) is 3. The summed E-state index contributed by atoms with van der Waals surface area (Å²) in [7, 11) is 0. The topological polar surface area (TPSA) is 49.4 Å². The first-order valence-electron chi connectivity index (χ1n) is 9.59. The number of likely N-dealkylation sites (N-methyl/N-ethyl adjacent to an activating group) is 1. The summed E-state index contributed by atoms with van der Waals surface area (Å²) >= 11 is 7.72. The summed E-state index contributed by atoms with van der Waals surface area (Å²) in [6.45, 7) is 4.51. The van der Waals surface area contributed by atoms with Crippen LogP contribution >= 0.6 is 23.4 Å². The molecule has 0 radical (unpaired) electrons. The second kappa shape index (κ2) is 11.8. The summed E-state index contributed by atoms with van der Waals surface area (Å²) in [5.74, 6) is 0.226. The largest absolute Gasteiger partial charge is 0.355 e. The average molecular weight is 437 g/mol. The maximum absolute atomic E-state index is 13.0. The molecule has 4 nitrogen and oxygen atoms in total. The third kappa shape index (κ3) is 7.05. The third-order valence-corrected chi connectivity index (χ3v) is 5.80. The molecule has 1 atom stereocenters. The molecule has 2 aromatic carbocycles. The van der Waals surface area contributed by atoms with Crippen molar-refractivity contribution >= 4 is 35.2 Å². The first kappa shape index (κ1) is 23.2. The van der Waals surface area contributed by atoms with Gasteiger partial charge in [-0.15, -0.1) is 11.8 Å². The van der Waals surface area contributed by atoms with Gasteiger partial charge in [0.25, 0.3) is 0 Å². The summed E-state index contributed by atoms with van der Waals surface area (Å²) in [5, 5.41) is 3.38. The molecule has 156 valence electrons. The van der Waals surface area contributed by atoms with Crippen LogP contribution in [0.15, 0.2) is 48.5 Å². The number of rotatable bonds is 10. The van der Waals surface area contributed by atoms with Crippen molar-refractivity contribution in [2.45, 2.75) is 38.6 Å². The van der Waals surface area contributed by atoms with E-state index in [0.29, 0.717) is 23.7 Å². The summed E-state index contributed by atoms with van der Waals surface area (Å²) in [6, 6.07) is 13.0. The minimum atomic E-state index is -0.565. The fourth-order valence-electron chi connectivity index (χ4n) is 2.94. The summed E-state index contributed by atoms with van der Waals surface area (Å²) < 4.78 is 13.0. The zero-order chi connectivity index (χ0) is 21.2. The van der Waals surface area contributed by atoms with E-state index in [-0.39, 0.29) is 29.9 Å². The lowest BCUT2D eigenvalue weighted by atomic mass is 10.1. The van der Waals surface area contributed by atoms with E-state index in [1.165, 1.54) is 23.9 Å². The van der Waals surface area contributed by atoms with Crippen LogP contribution in [0.3, 0.4) is 0 Å². The Kier molecular flexibility index (Phi) is 9.48. The maximum Gasteiger partial charge on any atom is 0.242 e. The van der Waals surface area contributed by atoms with Crippen LogP contribution in [0.25, 0.3) is 0 Å². The monoisotopic (exact) mass is 436 g/mol. The van der Waals surface area contributed by atoms with Gasteiger partial charge in [-0.25, -0.2) is 4.39 Å². The van der Waals surface area contributed by atoms with Gasteiger partial charge in [-0.2, -0.15) is 0 Å². The van der Waals surface area contributed by atoms with Gasteiger partial charge >= 0.3 is 0 Å². The van der Waals surface area contributed by atoms with Gasteiger partial charge < -0.3 is 10.2 Å². The molecule has 0 aliphatic heterocycles. The van der Waals surface area contributed by atoms with E-state index >= 15 is 0 Å². The Morgan fingerprint density at radius 3 is 2.45 bits per heavy atom. The van der Waals surface area contributed by atoms with Crippen molar-refractivity contribution in [2.75, 3.05) is 12.3 Å². The zero-order valence-corrected chi connectivity index (χ0v) is 18.2. The average Bonchev–Trinajstić information content (AvgIpc) is 2.71. The van der Waals surface area contributed by atoms with Crippen LogP contribution < -0.4 is 5.32 Å². The van der Waals surface area contributed by atoms with Gasteiger partial charge in [0.15, 0.2) is 0 Å². The molecule has 0 fully saturated rings. The minimum absolute atomic E-state index is 0.130. The molecule has 0 saturated heterocycles. The van der Waals surface area contributed by atoms with Crippen molar-refractivity contribution in [3.63, 3.8) is 0 Å². The van der Waals surface area contributed by atoms with Crippen LogP contribution in [-0.4, -0.2) is 35.1 Å². The molecule has 0 saturated carbocycles. The highest BCUT2D eigenvalue weighted by Gasteiger charge is 2.28. The van der Waals surface area contributed by atoms with E-state index in [4.69, 9.17) is 11.6 Å². The molecule has 2 amide bonds. The summed E-state index contributed by atoms with van der Waals surface area (Å²) in [6.07, 6.45) is 0.505.